The lowest BCUT2D eigenvalue weighted by Crippen LogP contribution is -2.49. The first-order valence-corrected chi connectivity index (χ1v) is 8.64. The maximum absolute atomic E-state index is 12.6. The number of amides is 1. The number of nitrogens with one attached hydrogen (secondary N) is 1. The van der Waals surface area contributed by atoms with Crippen LogP contribution in [0.2, 0.25) is 0 Å². The summed E-state index contributed by atoms with van der Waals surface area (Å²) in [4.78, 5) is 35.1. The fourth-order valence-electron chi connectivity index (χ4n) is 3.25. The Balaban J connectivity index is 1.36. The number of H-pyrrole nitrogens is 1. The van der Waals surface area contributed by atoms with Gasteiger partial charge >= 0.3 is 0 Å². The summed E-state index contributed by atoms with van der Waals surface area (Å²) in [5.41, 5.74) is 1.47. The Labute approximate surface area is 150 Å². The number of fused-ring (bicyclic) bond motifs is 1. The molecule has 8 heteroatoms. The summed E-state index contributed by atoms with van der Waals surface area (Å²) in [6.45, 7) is 4.08. The van der Waals surface area contributed by atoms with Gasteiger partial charge in [-0.25, -0.2) is 9.67 Å². The van der Waals surface area contributed by atoms with Crippen molar-refractivity contribution in [1.29, 1.82) is 0 Å². The van der Waals surface area contributed by atoms with Crippen LogP contribution in [0.1, 0.15) is 5.56 Å². The van der Waals surface area contributed by atoms with Crippen molar-refractivity contribution in [3.63, 3.8) is 0 Å². The van der Waals surface area contributed by atoms with E-state index in [0.717, 1.165) is 19.6 Å². The van der Waals surface area contributed by atoms with E-state index in [1.807, 2.05) is 23.1 Å². The third-order valence-corrected chi connectivity index (χ3v) is 4.70. The Morgan fingerprint density at radius 1 is 1.12 bits per heavy atom. The lowest BCUT2D eigenvalue weighted by atomic mass is 10.2. The molecule has 4 rings (SSSR count). The van der Waals surface area contributed by atoms with Gasteiger partial charge in [-0.2, -0.15) is 5.10 Å². The number of nitrogens with zero attached hydrogens (tertiary/aromatic N) is 5. The molecule has 0 spiro atoms. The van der Waals surface area contributed by atoms with Crippen LogP contribution in [0.3, 0.4) is 0 Å². The van der Waals surface area contributed by atoms with Crippen molar-refractivity contribution in [2.75, 3.05) is 26.2 Å². The van der Waals surface area contributed by atoms with Crippen molar-refractivity contribution in [2.24, 2.45) is 0 Å². The maximum atomic E-state index is 12.6. The Morgan fingerprint density at radius 3 is 2.65 bits per heavy atom. The van der Waals surface area contributed by atoms with Gasteiger partial charge in [-0.15, -0.1) is 0 Å². The number of hydrogen-bond acceptors (Lipinski definition) is 5. The maximum Gasteiger partial charge on any atom is 0.261 e. The zero-order valence-corrected chi connectivity index (χ0v) is 14.3. The highest BCUT2D eigenvalue weighted by Crippen LogP contribution is 2.10. The largest absolute Gasteiger partial charge is 0.339 e. The first-order valence-electron chi connectivity index (χ1n) is 8.64. The summed E-state index contributed by atoms with van der Waals surface area (Å²) in [5.74, 6) is -0.00329. The molecule has 26 heavy (non-hydrogen) atoms. The number of carbonyl (C=O) groups excluding carboxylic acids is 1. The number of aromatic nitrogens is 4. The highest BCUT2D eigenvalue weighted by atomic mass is 16.2. The van der Waals surface area contributed by atoms with Crippen LogP contribution in [-0.4, -0.2) is 61.6 Å². The minimum atomic E-state index is -0.247. The van der Waals surface area contributed by atoms with Gasteiger partial charge < -0.3 is 9.88 Å². The second-order valence-electron chi connectivity index (χ2n) is 6.41. The van der Waals surface area contributed by atoms with Crippen LogP contribution in [0.25, 0.3) is 11.0 Å². The summed E-state index contributed by atoms with van der Waals surface area (Å²) in [5, 5.41) is 4.53. The molecule has 1 aliphatic rings. The van der Waals surface area contributed by atoms with E-state index in [2.05, 4.69) is 32.1 Å². The molecule has 3 aromatic rings. The average Bonchev–Trinajstić information content (AvgIpc) is 3.07. The van der Waals surface area contributed by atoms with Crippen LogP contribution < -0.4 is 5.56 Å². The van der Waals surface area contributed by atoms with E-state index in [0.29, 0.717) is 24.1 Å². The zero-order chi connectivity index (χ0) is 17.9. The van der Waals surface area contributed by atoms with Gasteiger partial charge in [-0.05, 0) is 5.56 Å². The van der Waals surface area contributed by atoms with Crippen molar-refractivity contribution >= 4 is 16.9 Å². The Bertz CT molecular complexity index is 956. The van der Waals surface area contributed by atoms with Crippen molar-refractivity contribution in [3.05, 3.63) is 58.8 Å². The number of aromatic amines is 1. The Morgan fingerprint density at radius 2 is 1.88 bits per heavy atom. The van der Waals surface area contributed by atoms with Crippen molar-refractivity contribution < 1.29 is 4.79 Å². The summed E-state index contributed by atoms with van der Waals surface area (Å²) in [6, 6.07) is 10.3. The van der Waals surface area contributed by atoms with Gasteiger partial charge in [0.15, 0.2) is 5.65 Å². The number of hydrogen-bond donors (Lipinski definition) is 1. The van der Waals surface area contributed by atoms with Gasteiger partial charge in [0.25, 0.3) is 5.56 Å². The van der Waals surface area contributed by atoms with Crippen LogP contribution >= 0.6 is 0 Å². The van der Waals surface area contributed by atoms with Crippen molar-refractivity contribution in [1.82, 2.24) is 29.5 Å². The minimum absolute atomic E-state index is 0.00329. The fraction of sp³-hybridized carbons (Fsp3) is 0.333. The molecule has 0 atom stereocenters. The lowest BCUT2D eigenvalue weighted by Gasteiger charge is -2.34. The molecule has 1 fully saturated rings. The molecule has 0 radical (unpaired) electrons. The highest BCUT2D eigenvalue weighted by molar-refractivity contribution is 5.79. The second-order valence-corrected chi connectivity index (χ2v) is 6.41. The molecule has 0 aliphatic carbocycles. The van der Waals surface area contributed by atoms with Crippen LogP contribution in [0.4, 0.5) is 0 Å². The van der Waals surface area contributed by atoms with Crippen LogP contribution in [0, 0.1) is 0 Å². The molecule has 8 nitrogen and oxygen atoms in total. The van der Waals surface area contributed by atoms with Crippen molar-refractivity contribution in [3.8, 4) is 0 Å². The van der Waals surface area contributed by atoms with Crippen LogP contribution in [0.15, 0.2) is 47.7 Å². The third kappa shape index (κ3) is 3.36. The fourth-order valence-corrected chi connectivity index (χ4v) is 3.25. The van der Waals surface area contributed by atoms with Gasteiger partial charge in [-0.1, -0.05) is 30.3 Å². The first kappa shape index (κ1) is 16.5. The van der Waals surface area contributed by atoms with Crippen molar-refractivity contribution in [2.45, 2.75) is 13.1 Å². The topological polar surface area (TPSA) is 87.1 Å². The molecule has 1 aromatic carbocycles. The molecular formula is C18H20N6O2. The zero-order valence-electron chi connectivity index (χ0n) is 14.3. The monoisotopic (exact) mass is 352 g/mol. The highest BCUT2D eigenvalue weighted by Gasteiger charge is 2.22. The predicted octanol–water partition coefficient (Wildman–Crippen LogP) is 0.464. The van der Waals surface area contributed by atoms with Gasteiger partial charge in [0, 0.05) is 32.7 Å². The molecule has 0 unspecified atom stereocenters. The minimum Gasteiger partial charge on any atom is -0.339 e. The van der Waals surface area contributed by atoms with Crippen LogP contribution in [0.5, 0.6) is 0 Å². The van der Waals surface area contributed by atoms with E-state index in [9.17, 15) is 9.59 Å². The van der Waals surface area contributed by atoms with E-state index in [1.54, 1.807) is 0 Å². The molecular weight excluding hydrogens is 332 g/mol. The summed E-state index contributed by atoms with van der Waals surface area (Å²) >= 11 is 0. The molecule has 1 amide bonds. The number of piperazine rings is 1. The Kier molecular flexibility index (Phi) is 4.49. The molecule has 1 saturated heterocycles. The van der Waals surface area contributed by atoms with E-state index in [-0.39, 0.29) is 18.0 Å². The first-order chi connectivity index (χ1) is 12.7. The normalized spacial score (nSPS) is 15.5. The number of rotatable bonds is 4. The SMILES string of the molecule is O=C(Cn1ncc2c(=O)[nH]cnc21)N1CCN(Cc2ccccc2)CC1. The quantitative estimate of drug-likeness (QED) is 0.737. The van der Waals surface area contributed by atoms with Gasteiger partial charge in [-0.3, -0.25) is 14.5 Å². The van der Waals surface area contributed by atoms with Gasteiger partial charge in [0.1, 0.15) is 11.9 Å². The van der Waals surface area contributed by atoms with E-state index in [4.69, 9.17) is 0 Å². The van der Waals surface area contributed by atoms with E-state index < -0.39 is 0 Å². The lowest BCUT2D eigenvalue weighted by molar-refractivity contribution is -0.133. The van der Waals surface area contributed by atoms with Crippen LogP contribution in [-0.2, 0) is 17.9 Å². The van der Waals surface area contributed by atoms with Gasteiger partial charge in [0.2, 0.25) is 5.91 Å². The predicted molar refractivity (Wildman–Crippen MR) is 96.4 cm³/mol. The molecule has 2 aromatic heterocycles. The summed E-state index contributed by atoms with van der Waals surface area (Å²) in [7, 11) is 0. The molecule has 1 aliphatic heterocycles. The number of carbonyl (C=O) groups is 1. The average molecular weight is 352 g/mol. The molecule has 134 valence electrons. The smallest absolute Gasteiger partial charge is 0.261 e. The van der Waals surface area contributed by atoms with E-state index >= 15 is 0 Å². The molecule has 0 bridgehead atoms. The van der Waals surface area contributed by atoms with Gasteiger partial charge in [0.05, 0.1) is 12.5 Å². The standard InChI is InChI=1S/C18H20N6O2/c25-16(12-24-17-15(10-21-24)18(26)20-13-19-17)23-8-6-22(7-9-23)11-14-4-2-1-3-5-14/h1-5,10,13H,6-9,11-12H2,(H,19,20,26). The van der Waals surface area contributed by atoms with E-state index in [1.165, 1.54) is 22.8 Å². The molecule has 1 N–H and O–H groups in total. The Hall–Kier alpha value is -3.00. The summed E-state index contributed by atoms with van der Waals surface area (Å²) in [6.07, 6.45) is 2.78. The number of benzene rings is 1. The molecule has 0 saturated carbocycles. The second kappa shape index (κ2) is 7.09. The third-order valence-electron chi connectivity index (χ3n) is 4.70. The molecule has 3 heterocycles. The summed E-state index contributed by atoms with van der Waals surface area (Å²) < 4.78 is 1.49.